The van der Waals surface area contributed by atoms with E-state index in [2.05, 4.69) is 34.6 Å². The Morgan fingerprint density at radius 2 is 1.50 bits per heavy atom. The van der Waals surface area contributed by atoms with Crippen LogP contribution in [0.1, 0.15) is 60.3 Å². The van der Waals surface area contributed by atoms with Crippen LogP contribution < -0.4 is 5.73 Å². The molecule has 0 aliphatic carbocycles. The Kier molecular flexibility index (Phi) is 6.15. The third-order valence-electron chi connectivity index (χ3n) is 2.05. The number of nitrogens with two attached hydrogens (primary N) is 1. The molecule has 0 rings (SSSR count). The van der Waals surface area contributed by atoms with Gasteiger partial charge in [-0.25, -0.2) is 0 Å². The second kappa shape index (κ2) is 6.02. The number of hydrogen-bond donors (Lipinski definition) is 1. The van der Waals surface area contributed by atoms with Crippen LogP contribution in [0.5, 0.6) is 0 Å². The monoisotopic (exact) mass is 217 g/mol. The molecule has 0 radical (unpaired) electrons. The summed E-state index contributed by atoms with van der Waals surface area (Å²) in [4.78, 5) is -0.0516. The molecule has 0 fully saturated rings. The lowest BCUT2D eigenvalue weighted by Gasteiger charge is -2.19. The first-order valence-electron chi connectivity index (χ1n) is 5.64. The molecule has 1 nitrogen and oxygen atoms in total. The Morgan fingerprint density at radius 3 is 1.93 bits per heavy atom. The summed E-state index contributed by atoms with van der Waals surface area (Å²) in [6.45, 7) is 11.1. The summed E-state index contributed by atoms with van der Waals surface area (Å²) in [5.74, 6) is 1.20. The summed E-state index contributed by atoms with van der Waals surface area (Å²) in [6.07, 6.45) is 5.35. The molecule has 0 heterocycles. The fourth-order valence-electron chi connectivity index (χ4n) is 1.27. The quantitative estimate of drug-likeness (QED) is 0.537. The minimum absolute atomic E-state index is 0.0516. The van der Waals surface area contributed by atoms with Crippen LogP contribution in [0.3, 0.4) is 0 Å². The first-order valence-corrected chi connectivity index (χ1v) is 6.62. The van der Waals surface area contributed by atoms with E-state index in [4.69, 9.17) is 5.73 Å². The van der Waals surface area contributed by atoms with Gasteiger partial charge in [-0.2, -0.15) is 0 Å². The van der Waals surface area contributed by atoms with Crippen molar-refractivity contribution >= 4 is 11.8 Å². The second-order valence-corrected chi connectivity index (χ2v) is 7.57. The molecule has 0 saturated carbocycles. The molecule has 0 amide bonds. The molecule has 0 saturated heterocycles. The second-order valence-electron chi connectivity index (χ2n) is 5.82. The van der Waals surface area contributed by atoms with Crippen molar-refractivity contribution in [2.45, 2.75) is 65.2 Å². The molecule has 0 spiro atoms. The van der Waals surface area contributed by atoms with Crippen LogP contribution in [-0.4, -0.2) is 10.6 Å². The van der Waals surface area contributed by atoms with Crippen molar-refractivity contribution in [2.75, 3.05) is 5.75 Å². The molecule has 0 aliphatic heterocycles. The number of unbranched alkanes of at least 4 members (excludes halogenated alkanes) is 2. The first kappa shape index (κ1) is 14.3. The van der Waals surface area contributed by atoms with Gasteiger partial charge in [-0.05, 0) is 37.9 Å². The van der Waals surface area contributed by atoms with Crippen LogP contribution in [0.15, 0.2) is 0 Å². The Bertz CT molecular complexity index is 123. The van der Waals surface area contributed by atoms with E-state index in [0.29, 0.717) is 5.41 Å². The molecule has 0 bridgehead atoms. The predicted molar refractivity (Wildman–Crippen MR) is 68.6 cm³/mol. The Balaban J connectivity index is 3.23. The van der Waals surface area contributed by atoms with E-state index in [1.165, 1.54) is 31.4 Å². The van der Waals surface area contributed by atoms with E-state index >= 15 is 0 Å². The van der Waals surface area contributed by atoms with E-state index in [0.717, 1.165) is 0 Å². The third-order valence-corrected chi connectivity index (χ3v) is 3.28. The maximum Gasteiger partial charge on any atom is 0.0563 e. The average molecular weight is 217 g/mol. The van der Waals surface area contributed by atoms with Crippen LogP contribution in [0, 0.1) is 5.41 Å². The summed E-state index contributed by atoms with van der Waals surface area (Å²) >= 11 is 1.87. The van der Waals surface area contributed by atoms with Gasteiger partial charge in [0.05, 0.1) is 4.87 Å². The molecule has 0 aromatic rings. The Labute approximate surface area is 94.2 Å². The zero-order valence-electron chi connectivity index (χ0n) is 10.5. The van der Waals surface area contributed by atoms with Crippen molar-refractivity contribution in [1.82, 2.24) is 0 Å². The van der Waals surface area contributed by atoms with Crippen molar-refractivity contribution in [3.05, 3.63) is 0 Å². The van der Waals surface area contributed by atoms with Crippen LogP contribution in [0.2, 0.25) is 0 Å². The van der Waals surface area contributed by atoms with Gasteiger partial charge in [0.1, 0.15) is 0 Å². The minimum atomic E-state index is -0.0516. The van der Waals surface area contributed by atoms with Crippen molar-refractivity contribution in [3.63, 3.8) is 0 Å². The largest absolute Gasteiger partial charge is 0.317 e. The van der Waals surface area contributed by atoms with E-state index in [9.17, 15) is 0 Å². The first-order chi connectivity index (χ1) is 6.21. The summed E-state index contributed by atoms with van der Waals surface area (Å²) in [6, 6.07) is 0. The van der Waals surface area contributed by atoms with Gasteiger partial charge >= 0.3 is 0 Å². The van der Waals surface area contributed by atoms with Crippen LogP contribution in [0.4, 0.5) is 0 Å². The van der Waals surface area contributed by atoms with Gasteiger partial charge in [-0.15, -0.1) is 11.8 Å². The van der Waals surface area contributed by atoms with Gasteiger partial charge in [0, 0.05) is 0 Å². The van der Waals surface area contributed by atoms with Gasteiger partial charge in [-0.1, -0.05) is 33.6 Å². The molecule has 14 heavy (non-hydrogen) atoms. The normalized spacial score (nSPS) is 13.3. The maximum atomic E-state index is 5.88. The highest BCUT2D eigenvalue weighted by Crippen LogP contribution is 2.23. The maximum absolute atomic E-state index is 5.88. The fraction of sp³-hybridized carbons (Fsp3) is 1.00. The minimum Gasteiger partial charge on any atom is -0.317 e. The summed E-state index contributed by atoms with van der Waals surface area (Å²) in [7, 11) is 0. The smallest absolute Gasteiger partial charge is 0.0563 e. The van der Waals surface area contributed by atoms with E-state index in [1.54, 1.807) is 0 Å². The summed E-state index contributed by atoms with van der Waals surface area (Å²) in [5, 5.41) is 0. The number of rotatable bonds is 6. The van der Waals surface area contributed by atoms with E-state index in [-0.39, 0.29) is 4.87 Å². The lowest BCUT2D eigenvalue weighted by Crippen LogP contribution is -2.27. The van der Waals surface area contributed by atoms with Gasteiger partial charge in [0.25, 0.3) is 0 Å². The van der Waals surface area contributed by atoms with Gasteiger partial charge in [-0.3, -0.25) is 0 Å². The Hall–Kier alpha value is 0.310. The SMILES string of the molecule is CC(C)(C)CCCCCSC(C)(C)N. The highest BCUT2D eigenvalue weighted by molar-refractivity contribution is 8.00. The van der Waals surface area contributed by atoms with Gasteiger partial charge in [0.15, 0.2) is 0 Å². The van der Waals surface area contributed by atoms with Crippen LogP contribution in [0.25, 0.3) is 0 Å². The fourth-order valence-corrected chi connectivity index (χ4v) is 2.14. The van der Waals surface area contributed by atoms with Crippen molar-refractivity contribution in [1.29, 1.82) is 0 Å². The summed E-state index contributed by atoms with van der Waals surface area (Å²) in [5.41, 5.74) is 6.38. The molecule has 0 unspecified atom stereocenters. The van der Waals surface area contributed by atoms with E-state index < -0.39 is 0 Å². The molecule has 0 aromatic carbocycles. The zero-order chi connectivity index (χ0) is 11.2. The predicted octanol–water partition coefficient (Wildman–Crippen LogP) is 4.02. The number of thioether (sulfide) groups is 1. The summed E-state index contributed by atoms with van der Waals surface area (Å²) < 4.78 is 0. The topological polar surface area (TPSA) is 26.0 Å². The third kappa shape index (κ3) is 12.3. The zero-order valence-corrected chi connectivity index (χ0v) is 11.3. The number of hydrogen-bond acceptors (Lipinski definition) is 2. The van der Waals surface area contributed by atoms with Crippen molar-refractivity contribution in [3.8, 4) is 0 Å². The standard InChI is InChI=1S/C12H27NS/c1-11(2,3)9-7-6-8-10-14-12(4,5)13/h6-10,13H2,1-5H3. The van der Waals surface area contributed by atoms with Crippen molar-refractivity contribution in [2.24, 2.45) is 11.1 Å². The molecular weight excluding hydrogens is 190 g/mol. The molecule has 0 aliphatic rings. The lowest BCUT2D eigenvalue weighted by atomic mass is 9.90. The van der Waals surface area contributed by atoms with Crippen LogP contribution in [-0.2, 0) is 0 Å². The molecule has 86 valence electrons. The molecular formula is C12H27NS. The highest BCUT2D eigenvalue weighted by atomic mass is 32.2. The molecule has 2 heteroatoms. The van der Waals surface area contributed by atoms with E-state index in [1.807, 2.05) is 11.8 Å². The van der Waals surface area contributed by atoms with Gasteiger partial charge < -0.3 is 5.73 Å². The lowest BCUT2D eigenvalue weighted by molar-refractivity contribution is 0.360. The molecule has 0 atom stereocenters. The van der Waals surface area contributed by atoms with Crippen molar-refractivity contribution < 1.29 is 0 Å². The highest BCUT2D eigenvalue weighted by Gasteiger charge is 2.11. The van der Waals surface area contributed by atoms with Gasteiger partial charge in [0.2, 0.25) is 0 Å². The van der Waals surface area contributed by atoms with Crippen LogP contribution >= 0.6 is 11.8 Å². The molecule has 0 aromatic heterocycles. The molecule has 2 N–H and O–H groups in total. The average Bonchev–Trinajstić information content (AvgIpc) is 1.92. The Morgan fingerprint density at radius 1 is 0.929 bits per heavy atom.